The fourth-order valence-electron chi connectivity index (χ4n) is 4.20. The molecular formula is C26H34ClN3O2. The number of rotatable bonds is 7. The van der Waals surface area contributed by atoms with Crippen LogP contribution >= 0.6 is 11.6 Å². The summed E-state index contributed by atoms with van der Waals surface area (Å²) >= 11 is 6.01. The molecule has 0 radical (unpaired) electrons. The largest absolute Gasteiger partial charge is 0.378 e. The van der Waals surface area contributed by atoms with E-state index in [1.807, 2.05) is 61.2 Å². The second-order valence-corrected chi connectivity index (χ2v) is 9.37. The van der Waals surface area contributed by atoms with Crippen molar-refractivity contribution in [1.82, 2.24) is 10.2 Å². The zero-order valence-electron chi connectivity index (χ0n) is 19.5. The van der Waals surface area contributed by atoms with Crippen molar-refractivity contribution in [3.8, 4) is 0 Å². The van der Waals surface area contributed by atoms with Gasteiger partial charge in [0.2, 0.25) is 5.91 Å². The lowest BCUT2D eigenvalue weighted by atomic mass is 9.88. The van der Waals surface area contributed by atoms with Gasteiger partial charge >= 0.3 is 0 Å². The number of carbonyl (C=O) groups excluding carboxylic acids is 2. The van der Waals surface area contributed by atoms with E-state index in [0.29, 0.717) is 24.6 Å². The molecule has 5 nitrogen and oxygen atoms in total. The summed E-state index contributed by atoms with van der Waals surface area (Å²) in [7, 11) is 3.88. The maximum Gasteiger partial charge on any atom is 0.252 e. The van der Waals surface area contributed by atoms with Gasteiger partial charge < -0.3 is 15.1 Å². The Bertz CT molecular complexity index is 921. The molecule has 0 bridgehead atoms. The minimum atomic E-state index is -0.525. The molecule has 3 rings (SSSR count). The first-order valence-electron chi connectivity index (χ1n) is 11.4. The lowest BCUT2D eigenvalue weighted by molar-refractivity contribution is -0.135. The third kappa shape index (κ3) is 5.83. The maximum atomic E-state index is 13.4. The molecule has 0 spiro atoms. The Balaban J connectivity index is 1.67. The first-order valence-corrected chi connectivity index (χ1v) is 11.8. The Morgan fingerprint density at radius 3 is 2.38 bits per heavy atom. The molecule has 1 N–H and O–H groups in total. The van der Waals surface area contributed by atoms with E-state index >= 15 is 0 Å². The summed E-state index contributed by atoms with van der Waals surface area (Å²) in [5.41, 5.74) is 2.79. The molecule has 2 atom stereocenters. The minimum absolute atomic E-state index is 0.0195. The van der Waals surface area contributed by atoms with Crippen LogP contribution in [0.5, 0.6) is 0 Å². The monoisotopic (exact) mass is 455 g/mol. The lowest BCUT2D eigenvalue weighted by Gasteiger charge is -2.36. The number of nitrogens with one attached hydrogen (secondary N) is 1. The quantitative estimate of drug-likeness (QED) is 0.642. The van der Waals surface area contributed by atoms with Gasteiger partial charge in [0, 0.05) is 43.5 Å². The summed E-state index contributed by atoms with van der Waals surface area (Å²) in [6.45, 7) is 5.48. The van der Waals surface area contributed by atoms with Gasteiger partial charge in [-0.2, -0.15) is 0 Å². The van der Waals surface area contributed by atoms with Gasteiger partial charge in [-0.05, 0) is 60.6 Å². The summed E-state index contributed by atoms with van der Waals surface area (Å²) in [5.74, 6) is 0.300. The molecule has 32 heavy (non-hydrogen) atoms. The molecule has 2 amide bonds. The second kappa shape index (κ2) is 10.9. The summed E-state index contributed by atoms with van der Waals surface area (Å²) < 4.78 is 0. The highest BCUT2D eigenvalue weighted by Gasteiger charge is 2.32. The smallest absolute Gasteiger partial charge is 0.252 e. The van der Waals surface area contributed by atoms with Gasteiger partial charge in [-0.3, -0.25) is 9.59 Å². The predicted molar refractivity (Wildman–Crippen MR) is 131 cm³/mol. The Hall–Kier alpha value is -2.53. The van der Waals surface area contributed by atoms with E-state index < -0.39 is 6.04 Å². The molecule has 0 unspecified atom stereocenters. The molecule has 0 aliphatic carbocycles. The molecule has 2 aromatic rings. The SMILES string of the molecule is CC[C@@H](C)[C@@H](NC(=O)c1cccc(N(C)C)c1)C(=O)N1CCC(c2ccc(Cl)cc2)CC1. The lowest BCUT2D eigenvalue weighted by Crippen LogP contribution is -2.53. The molecule has 0 aromatic heterocycles. The van der Waals surface area contributed by atoms with Crippen LogP contribution in [-0.2, 0) is 4.79 Å². The molecule has 1 heterocycles. The maximum absolute atomic E-state index is 13.4. The topological polar surface area (TPSA) is 52.7 Å². The van der Waals surface area contributed by atoms with Crippen LogP contribution in [0.25, 0.3) is 0 Å². The van der Waals surface area contributed by atoms with Crippen LogP contribution in [0.4, 0.5) is 5.69 Å². The number of benzene rings is 2. The van der Waals surface area contributed by atoms with Gasteiger partial charge in [0.1, 0.15) is 6.04 Å². The second-order valence-electron chi connectivity index (χ2n) is 8.93. The van der Waals surface area contributed by atoms with Crippen molar-refractivity contribution in [3.63, 3.8) is 0 Å². The van der Waals surface area contributed by atoms with Crippen LogP contribution in [0.1, 0.15) is 54.9 Å². The highest BCUT2D eigenvalue weighted by molar-refractivity contribution is 6.30. The molecular weight excluding hydrogens is 422 g/mol. The highest BCUT2D eigenvalue weighted by atomic mass is 35.5. The van der Waals surface area contributed by atoms with E-state index in [1.54, 1.807) is 6.07 Å². The molecule has 6 heteroatoms. The summed E-state index contributed by atoms with van der Waals surface area (Å²) in [6.07, 6.45) is 2.65. The van der Waals surface area contributed by atoms with E-state index in [0.717, 1.165) is 30.0 Å². The normalized spacial score (nSPS) is 16.3. The van der Waals surface area contributed by atoms with Crippen molar-refractivity contribution in [1.29, 1.82) is 0 Å². The Kier molecular flexibility index (Phi) is 8.19. The van der Waals surface area contributed by atoms with Crippen molar-refractivity contribution >= 4 is 29.1 Å². The molecule has 2 aromatic carbocycles. The fourth-order valence-corrected chi connectivity index (χ4v) is 4.32. The van der Waals surface area contributed by atoms with Crippen molar-refractivity contribution in [3.05, 3.63) is 64.7 Å². The Morgan fingerprint density at radius 1 is 1.12 bits per heavy atom. The average Bonchev–Trinajstić information content (AvgIpc) is 2.82. The van der Waals surface area contributed by atoms with E-state index in [4.69, 9.17) is 11.6 Å². The highest BCUT2D eigenvalue weighted by Crippen LogP contribution is 2.29. The van der Waals surface area contributed by atoms with E-state index in [2.05, 4.69) is 24.4 Å². The fraction of sp³-hybridized carbons (Fsp3) is 0.462. The average molecular weight is 456 g/mol. The van der Waals surface area contributed by atoms with Crippen molar-refractivity contribution in [2.45, 2.75) is 45.1 Å². The molecule has 1 aliphatic heterocycles. The number of carbonyl (C=O) groups is 2. The van der Waals surface area contributed by atoms with Crippen LogP contribution in [0, 0.1) is 5.92 Å². The van der Waals surface area contributed by atoms with Crippen molar-refractivity contribution in [2.75, 3.05) is 32.1 Å². The number of nitrogens with zero attached hydrogens (tertiary/aromatic N) is 2. The van der Waals surface area contributed by atoms with Gasteiger partial charge in [0.05, 0.1) is 0 Å². The Labute approximate surface area is 196 Å². The van der Waals surface area contributed by atoms with Crippen LogP contribution in [0.2, 0.25) is 5.02 Å². The number of halogens is 1. The molecule has 0 saturated carbocycles. The van der Waals surface area contributed by atoms with E-state index in [-0.39, 0.29) is 17.7 Å². The molecule has 1 fully saturated rings. The van der Waals surface area contributed by atoms with Gasteiger partial charge in [-0.15, -0.1) is 0 Å². The van der Waals surface area contributed by atoms with Crippen molar-refractivity contribution < 1.29 is 9.59 Å². The van der Waals surface area contributed by atoms with Crippen LogP contribution in [0.3, 0.4) is 0 Å². The summed E-state index contributed by atoms with van der Waals surface area (Å²) in [6, 6.07) is 14.9. The number of likely N-dealkylation sites (tertiary alicyclic amines) is 1. The third-order valence-corrected chi connectivity index (χ3v) is 6.79. The minimum Gasteiger partial charge on any atom is -0.378 e. The van der Waals surface area contributed by atoms with Gasteiger partial charge in [-0.25, -0.2) is 0 Å². The number of hydrogen-bond acceptors (Lipinski definition) is 3. The van der Waals surface area contributed by atoms with Gasteiger partial charge in [0.25, 0.3) is 5.91 Å². The predicted octanol–water partition coefficient (Wildman–Crippen LogP) is 4.96. The van der Waals surface area contributed by atoms with Crippen LogP contribution in [0.15, 0.2) is 48.5 Å². The third-order valence-electron chi connectivity index (χ3n) is 6.54. The van der Waals surface area contributed by atoms with E-state index in [9.17, 15) is 9.59 Å². The zero-order valence-corrected chi connectivity index (χ0v) is 20.2. The zero-order chi connectivity index (χ0) is 23.3. The van der Waals surface area contributed by atoms with Gasteiger partial charge in [0.15, 0.2) is 0 Å². The molecule has 1 aliphatic rings. The standard InChI is InChI=1S/C26H34ClN3O2/c1-5-18(2)24(28-25(31)21-7-6-8-23(17-21)29(3)4)26(32)30-15-13-20(14-16-30)19-9-11-22(27)12-10-19/h6-12,17-18,20,24H,5,13-16H2,1-4H3,(H,28,31)/t18-,24-/m1/s1. The Morgan fingerprint density at radius 2 is 1.78 bits per heavy atom. The summed E-state index contributed by atoms with van der Waals surface area (Å²) in [5, 5.41) is 3.77. The molecule has 172 valence electrons. The number of amides is 2. The first-order chi connectivity index (χ1) is 15.3. The van der Waals surface area contributed by atoms with Crippen LogP contribution < -0.4 is 10.2 Å². The number of hydrogen-bond donors (Lipinski definition) is 1. The first kappa shape index (κ1) is 24.1. The van der Waals surface area contributed by atoms with Crippen molar-refractivity contribution in [2.24, 2.45) is 5.92 Å². The van der Waals surface area contributed by atoms with E-state index in [1.165, 1.54) is 5.56 Å². The summed E-state index contributed by atoms with van der Waals surface area (Å²) in [4.78, 5) is 30.3. The number of anilines is 1. The van der Waals surface area contributed by atoms with Gasteiger partial charge in [-0.1, -0.05) is 50.1 Å². The molecule has 1 saturated heterocycles. The van der Waals surface area contributed by atoms with Crippen LogP contribution in [-0.4, -0.2) is 49.9 Å². The number of piperidine rings is 1.